The molecule has 1 aromatic carbocycles. The third-order valence-electron chi connectivity index (χ3n) is 4.52. The second-order valence-electron chi connectivity index (χ2n) is 7.30. The van der Waals surface area contributed by atoms with Crippen LogP contribution in [0.25, 0.3) is 0 Å². The first-order chi connectivity index (χ1) is 12.0. The molecule has 3 N–H and O–H groups in total. The number of amides is 1. The summed E-state index contributed by atoms with van der Waals surface area (Å²) in [6, 6.07) is 1.61. The lowest BCUT2D eigenvalue weighted by Gasteiger charge is -2.45. The Morgan fingerprint density at radius 1 is 1.42 bits per heavy atom. The van der Waals surface area contributed by atoms with Gasteiger partial charge >= 0.3 is 0 Å². The minimum atomic E-state index is -0.883. The maximum absolute atomic E-state index is 13.6. The molecule has 1 fully saturated rings. The van der Waals surface area contributed by atoms with Crippen LogP contribution in [0.1, 0.15) is 38.1 Å². The van der Waals surface area contributed by atoms with Crippen molar-refractivity contribution in [2.75, 3.05) is 25.4 Å². The molecule has 0 aromatic heterocycles. The van der Waals surface area contributed by atoms with Crippen LogP contribution in [0, 0.1) is 15.9 Å². The molecule has 0 saturated carbocycles. The second-order valence-corrected chi connectivity index (χ2v) is 7.30. The Hall–Kier alpha value is -2.26. The SMILES string of the molecule is CC1CN(C(C)(C)CNC(=O)c2cc(F)cc([N+](=O)[O-])c2N)CC(C)O1. The van der Waals surface area contributed by atoms with Gasteiger partial charge in [0.05, 0.1) is 28.8 Å². The van der Waals surface area contributed by atoms with E-state index in [0.29, 0.717) is 6.07 Å². The summed E-state index contributed by atoms with van der Waals surface area (Å²) in [7, 11) is 0. The largest absolute Gasteiger partial charge is 0.393 e. The van der Waals surface area contributed by atoms with Crippen LogP contribution in [-0.4, -0.2) is 53.1 Å². The molecular weight excluding hydrogens is 343 g/mol. The number of nitrogens with two attached hydrogens (primary N) is 1. The highest BCUT2D eigenvalue weighted by atomic mass is 19.1. The van der Waals surface area contributed by atoms with Crippen molar-refractivity contribution >= 4 is 17.3 Å². The van der Waals surface area contributed by atoms with Crippen LogP contribution in [0.4, 0.5) is 15.8 Å². The van der Waals surface area contributed by atoms with Crippen molar-refractivity contribution in [1.29, 1.82) is 0 Å². The lowest BCUT2D eigenvalue weighted by atomic mass is 9.99. The van der Waals surface area contributed by atoms with E-state index in [1.54, 1.807) is 0 Å². The highest BCUT2D eigenvalue weighted by molar-refractivity contribution is 6.01. The van der Waals surface area contributed by atoms with E-state index in [4.69, 9.17) is 10.5 Å². The predicted octanol–water partition coefficient (Wildman–Crippen LogP) is 1.93. The summed E-state index contributed by atoms with van der Waals surface area (Å²) in [4.78, 5) is 24.8. The number of benzene rings is 1. The summed E-state index contributed by atoms with van der Waals surface area (Å²) in [5.41, 5.74) is 4.09. The molecule has 0 aliphatic carbocycles. The van der Waals surface area contributed by atoms with Crippen LogP contribution in [-0.2, 0) is 4.74 Å². The van der Waals surface area contributed by atoms with Crippen LogP contribution in [0.5, 0.6) is 0 Å². The minimum Gasteiger partial charge on any atom is -0.393 e. The third kappa shape index (κ3) is 4.47. The maximum Gasteiger partial charge on any atom is 0.295 e. The fraction of sp³-hybridized carbons (Fsp3) is 0.588. The van der Waals surface area contributed by atoms with E-state index >= 15 is 0 Å². The zero-order valence-corrected chi connectivity index (χ0v) is 15.4. The highest BCUT2D eigenvalue weighted by Gasteiger charge is 2.33. The Labute approximate surface area is 151 Å². The van der Waals surface area contributed by atoms with Gasteiger partial charge in [-0.25, -0.2) is 4.39 Å². The quantitative estimate of drug-likeness (QED) is 0.467. The van der Waals surface area contributed by atoms with Gasteiger partial charge in [0, 0.05) is 25.2 Å². The second kappa shape index (κ2) is 7.55. The van der Waals surface area contributed by atoms with E-state index in [2.05, 4.69) is 10.2 Å². The Balaban J connectivity index is 2.12. The van der Waals surface area contributed by atoms with E-state index < -0.39 is 22.3 Å². The number of anilines is 1. The number of rotatable bonds is 5. The number of carbonyl (C=O) groups is 1. The summed E-state index contributed by atoms with van der Waals surface area (Å²) < 4.78 is 19.3. The van der Waals surface area contributed by atoms with Crippen LogP contribution in [0.2, 0.25) is 0 Å². The molecule has 0 bridgehead atoms. The molecule has 1 saturated heterocycles. The molecule has 9 heteroatoms. The molecular formula is C17H25FN4O4. The highest BCUT2D eigenvalue weighted by Crippen LogP contribution is 2.27. The number of nitrogens with zero attached hydrogens (tertiary/aromatic N) is 2. The van der Waals surface area contributed by atoms with Crippen LogP contribution < -0.4 is 11.1 Å². The first-order valence-corrected chi connectivity index (χ1v) is 8.43. The first kappa shape index (κ1) is 20.1. The molecule has 1 aliphatic heterocycles. The number of halogens is 1. The van der Waals surface area contributed by atoms with Gasteiger partial charge in [-0.2, -0.15) is 0 Å². The number of ether oxygens (including phenoxy) is 1. The van der Waals surface area contributed by atoms with Crippen LogP contribution >= 0.6 is 0 Å². The van der Waals surface area contributed by atoms with Crippen molar-refractivity contribution in [2.24, 2.45) is 0 Å². The van der Waals surface area contributed by atoms with Crippen molar-refractivity contribution in [2.45, 2.75) is 45.4 Å². The number of hydrogen-bond acceptors (Lipinski definition) is 6. The molecule has 0 radical (unpaired) electrons. The standard InChI is InChI=1S/C17H25FN4O4/c1-10-7-21(8-11(2)26-10)17(3,4)9-20-16(23)13-5-12(18)6-14(15(13)19)22(24)25/h5-6,10-11H,7-9,19H2,1-4H3,(H,20,23). The Morgan fingerprint density at radius 2 is 2.00 bits per heavy atom. The molecule has 144 valence electrons. The van der Waals surface area contributed by atoms with Gasteiger partial charge < -0.3 is 15.8 Å². The van der Waals surface area contributed by atoms with E-state index in [-0.39, 0.29) is 35.5 Å². The van der Waals surface area contributed by atoms with E-state index in [0.717, 1.165) is 19.2 Å². The zero-order valence-electron chi connectivity index (χ0n) is 15.4. The number of carbonyl (C=O) groups excluding carboxylic acids is 1. The van der Waals surface area contributed by atoms with Crippen molar-refractivity contribution in [3.63, 3.8) is 0 Å². The van der Waals surface area contributed by atoms with Gasteiger partial charge in [0.2, 0.25) is 0 Å². The van der Waals surface area contributed by atoms with E-state index in [1.807, 2.05) is 27.7 Å². The van der Waals surface area contributed by atoms with Gasteiger partial charge in [0.25, 0.3) is 11.6 Å². The number of nitro groups is 1. The van der Waals surface area contributed by atoms with E-state index in [1.165, 1.54) is 0 Å². The maximum atomic E-state index is 13.6. The summed E-state index contributed by atoms with van der Waals surface area (Å²) in [6.45, 7) is 9.66. The Bertz CT molecular complexity index is 700. The normalized spacial score (nSPS) is 21.4. The van der Waals surface area contributed by atoms with Crippen LogP contribution in [0.3, 0.4) is 0 Å². The molecule has 2 atom stereocenters. The number of nitrogen functional groups attached to an aromatic ring is 1. The molecule has 2 rings (SSSR count). The smallest absolute Gasteiger partial charge is 0.295 e. The molecule has 1 heterocycles. The number of nitro benzene ring substituents is 1. The lowest BCUT2D eigenvalue weighted by molar-refractivity contribution is -0.384. The van der Waals surface area contributed by atoms with Gasteiger partial charge in [0.15, 0.2) is 0 Å². The lowest BCUT2D eigenvalue weighted by Crippen LogP contribution is -2.58. The van der Waals surface area contributed by atoms with Gasteiger partial charge in [-0.05, 0) is 33.8 Å². The molecule has 2 unspecified atom stereocenters. The summed E-state index contributed by atoms with van der Waals surface area (Å²) in [5, 5.41) is 13.7. The summed E-state index contributed by atoms with van der Waals surface area (Å²) in [6.07, 6.45) is 0.158. The van der Waals surface area contributed by atoms with Gasteiger partial charge in [-0.3, -0.25) is 19.8 Å². The number of hydrogen-bond donors (Lipinski definition) is 2. The van der Waals surface area contributed by atoms with Crippen molar-refractivity contribution in [1.82, 2.24) is 10.2 Å². The first-order valence-electron chi connectivity index (χ1n) is 8.43. The molecule has 8 nitrogen and oxygen atoms in total. The zero-order chi connectivity index (χ0) is 19.6. The average Bonchev–Trinajstić information content (AvgIpc) is 2.53. The van der Waals surface area contributed by atoms with Gasteiger partial charge in [-0.15, -0.1) is 0 Å². The third-order valence-corrected chi connectivity index (χ3v) is 4.52. The van der Waals surface area contributed by atoms with Crippen molar-refractivity contribution in [3.8, 4) is 0 Å². The van der Waals surface area contributed by atoms with Crippen molar-refractivity contribution < 1.29 is 18.8 Å². The fourth-order valence-electron chi connectivity index (χ4n) is 3.12. The van der Waals surface area contributed by atoms with Gasteiger partial charge in [0.1, 0.15) is 11.5 Å². The number of morpholine rings is 1. The number of nitrogens with one attached hydrogen (secondary N) is 1. The van der Waals surface area contributed by atoms with E-state index in [9.17, 15) is 19.3 Å². The molecule has 26 heavy (non-hydrogen) atoms. The average molecular weight is 368 g/mol. The van der Waals surface area contributed by atoms with Crippen LogP contribution in [0.15, 0.2) is 12.1 Å². The Kier molecular flexibility index (Phi) is 5.82. The monoisotopic (exact) mass is 368 g/mol. The molecule has 1 amide bonds. The topological polar surface area (TPSA) is 111 Å². The molecule has 1 aromatic rings. The molecule has 1 aliphatic rings. The fourth-order valence-corrected chi connectivity index (χ4v) is 3.12. The summed E-state index contributed by atoms with van der Waals surface area (Å²) >= 11 is 0. The van der Waals surface area contributed by atoms with Crippen molar-refractivity contribution in [3.05, 3.63) is 33.6 Å². The Morgan fingerprint density at radius 3 is 2.54 bits per heavy atom. The molecule has 0 spiro atoms. The summed E-state index contributed by atoms with van der Waals surface area (Å²) in [5.74, 6) is -1.53. The predicted molar refractivity (Wildman–Crippen MR) is 95.5 cm³/mol. The van der Waals surface area contributed by atoms with Gasteiger partial charge in [-0.1, -0.05) is 0 Å². The minimum absolute atomic E-state index is 0.0789.